The van der Waals surface area contributed by atoms with E-state index in [1.165, 1.54) is 0 Å². The van der Waals surface area contributed by atoms with Crippen LogP contribution in [-0.4, -0.2) is 22.0 Å². The highest BCUT2D eigenvalue weighted by atomic mass is 35.5. The molecule has 1 aromatic carbocycles. The van der Waals surface area contributed by atoms with Crippen LogP contribution in [0.25, 0.3) is 0 Å². The van der Waals surface area contributed by atoms with E-state index in [2.05, 4.69) is 15.5 Å². The van der Waals surface area contributed by atoms with Crippen LogP contribution in [0, 0.1) is 0 Å². The van der Waals surface area contributed by atoms with Crippen molar-refractivity contribution in [2.45, 2.75) is 25.2 Å². The van der Waals surface area contributed by atoms with Gasteiger partial charge < -0.3 is 0 Å². The largest absolute Gasteiger partial charge is 0.416 e. The summed E-state index contributed by atoms with van der Waals surface area (Å²) in [6, 6.07) is 0.645. The van der Waals surface area contributed by atoms with Crippen molar-refractivity contribution in [3.8, 4) is 0 Å². The molecule has 0 saturated heterocycles. The number of carbonyl (C=O) groups excluding carboxylic acids is 1. The Bertz CT molecular complexity index is 757. The average Bonchev–Trinajstić information content (AvgIpc) is 2.98. The van der Waals surface area contributed by atoms with Gasteiger partial charge in [-0.25, -0.2) is 0 Å². The highest BCUT2D eigenvalue weighted by molar-refractivity contribution is 7.15. The molecule has 12 heteroatoms. The van der Waals surface area contributed by atoms with Gasteiger partial charge >= 0.3 is 12.4 Å². The fourth-order valence-corrected chi connectivity index (χ4v) is 2.79. The van der Waals surface area contributed by atoms with E-state index in [0.717, 1.165) is 11.3 Å². The lowest BCUT2D eigenvalue weighted by Crippen LogP contribution is -2.17. The average molecular weight is 418 g/mol. The van der Waals surface area contributed by atoms with Crippen LogP contribution >= 0.6 is 22.9 Å². The van der Waals surface area contributed by atoms with Crippen LogP contribution in [0.15, 0.2) is 18.2 Å². The standard InChI is InChI=1S/C14H10ClF6N3OS/c15-3-1-2-10-23-24-12(26-10)22-11(25)7-4-8(13(16,17)18)6-9(5-7)14(19,20)21/h4-6H,1-3H2,(H,22,24,25). The third kappa shape index (κ3) is 5.31. The van der Waals surface area contributed by atoms with Gasteiger partial charge in [0.15, 0.2) is 0 Å². The van der Waals surface area contributed by atoms with Crippen molar-refractivity contribution in [2.75, 3.05) is 11.2 Å². The Balaban J connectivity index is 2.28. The van der Waals surface area contributed by atoms with Crippen molar-refractivity contribution in [3.63, 3.8) is 0 Å². The first kappa shape index (κ1) is 20.4. The molecule has 1 aromatic heterocycles. The molecule has 0 atom stereocenters. The Kier molecular flexibility index (Phi) is 6.12. The number of hydrogen-bond acceptors (Lipinski definition) is 4. The first-order chi connectivity index (χ1) is 12.0. The maximum absolute atomic E-state index is 12.8. The normalized spacial score (nSPS) is 12.3. The minimum Gasteiger partial charge on any atom is -0.296 e. The molecule has 0 radical (unpaired) electrons. The summed E-state index contributed by atoms with van der Waals surface area (Å²) >= 11 is 6.49. The SMILES string of the molecule is O=C(Nc1nnc(CCCCl)s1)c1cc(C(F)(F)F)cc(C(F)(F)F)c1. The predicted octanol–water partition coefficient (Wildman–Crippen LogP) is 5.00. The molecule has 0 bridgehead atoms. The van der Waals surface area contributed by atoms with Gasteiger partial charge in [-0.2, -0.15) is 26.3 Å². The lowest BCUT2D eigenvalue weighted by Gasteiger charge is -2.13. The summed E-state index contributed by atoms with van der Waals surface area (Å²) in [7, 11) is 0. The van der Waals surface area contributed by atoms with E-state index in [4.69, 9.17) is 11.6 Å². The third-order valence-corrected chi connectivity index (χ3v) is 4.23. The van der Waals surface area contributed by atoms with E-state index in [0.29, 0.717) is 35.9 Å². The quantitative estimate of drug-likeness (QED) is 0.550. The molecular formula is C14H10ClF6N3OS. The zero-order valence-electron chi connectivity index (χ0n) is 12.7. The van der Waals surface area contributed by atoms with Crippen LogP contribution in [-0.2, 0) is 18.8 Å². The highest BCUT2D eigenvalue weighted by Gasteiger charge is 2.37. The summed E-state index contributed by atoms with van der Waals surface area (Å²) in [5.74, 6) is -0.771. The van der Waals surface area contributed by atoms with Gasteiger partial charge in [-0.05, 0) is 24.6 Å². The number of anilines is 1. The summed E-state index contributed by atoms with van der Waals surface area (Å²) in [6.07, 6.45) is -8.98. The van der Waals surface area contributed by atoms with Crippen molar-refractivity contribution in [3.05, 3.63) is 39.9 Å². The lowest BCUT2D eigenvalue weighted by molar-refractivity contribution is -0.143. The van der Waals surface area contributed by atoms with Crippen LogP contribution in [0.2, 0.25) is 0 Å². The van der Waals surface area contributed by atoms with Gasteiger partial charge in [-0.1, -0.05) is 11.3 Å². The maximum Gasteiger partial charge on any atom is 0.416 e. The van der Waals surface area contributed by atoms with Crippen LogP contribution in [0.5, 0.6) is 0 Å². The molecule has 2 rings (SSSR count). The Morgan fingerprint density at radius 3 is 2.12 bits per heavy atom. The second-order valence-electron chi connectivity index (χ2n) is 5.04. The maximum atomic E-state index is 12.8. The van der Waals surface area contributed by atoms with Gasteiger partial charge in [0.25, 0.3) is 5.91 Å². The molecule has 0 aliphatic rings. The van der Waals surface area contributed by atoms with Crippen molar-refractivity contribution < 1.29 is 31.1 Å². The first-order valence-corrected chi connectivity index (χ1v) is 8.35. The van der Waals surface area contributed by atoms with Crippen LogP contribution in [0.1, 0.15) is 32.9 Å². The van der Waals surface area contributed by atoms with E-state index in [9.17, 15) is 31.1 Å². The summed E-state index contributed by atoms with van der Waals surface area (Å²) in [5.41, 5.74) is -3.93. The molecule has 142 valence electrons. The zero-order chi connectivity index (χ0) is 19.5. The number of aryl methyl sites for hydroxylation is 1. The number of alkyl halides is 7. The third-order valence-electron chi connectivity index (χ3n) is 3.06. The molecule has 0 aliphatic heterocycles. The zero-order valence-corrected chi connectivity index (χ0v) is 14.3. The van der Waals surface area contributed by atoms with Crippen LogP contribution in [0.4, 0.5) is 31.5 Å². The number of carbonyl (C=O) groups is 1. The van der Waals surface area contributed by atoms with E-state index in [1.807, 2.05) is 0 Å². The molecule has 1 amide bonds. The summed E-state index contributed by atoms with van der Waals surface area (Å²) in [5, 5.41) is 10.0. The molecule has 1 N–H and O–H groups in total. The number of rotatable bonds is 5. The highest BCUT2D eigenvalue weighted by Crippen LogP contribution is 2.36. The van der Waals surface area contributed by atoms with Gasteiger partial charge in [0, 0.05) is 17.9 Å². The molecule has 0 saturated carbocycles. The Labute approximate surface area is 152 Å². The molecule has 0 aliphatic carbocycles. The number of benzene rings is 1. The molecular weight excluding hydrogens is 408 g/mol. The van der Waals surface area contributed by atoms with Crippen molar-refractivity contribution >= 4 is 34.0 Å². The Morgan fingerprint density at radius 2 is 1.62 bits per heavy atom. The summed E-state index contributed by atoms with van der Waals surface area (Å²) in [6.45, 7) is 0. The minimum atomic E-state index is -5.03. The van der Waals surface area contributed by atoms with Gasteiger partial charge in [0.05, 0.1) is 11.1 Å². The molecule has 0 unspecified atom stereocenters. The summed E-state index contributed by atoms with van der Waals surface area (Å²) in [4.78, 5) is 12.1. The van der Waals surface area contributed by atoms with Gasteiger partial charge in [0.1, 0.15) is 5.01 Å². The van der Waals surface area contributed by atoms with E-state index in [-0.39, 0.29) is 11.2 Å². The minimum absolute atomic E-state index is 0.0365. The molecule has 0 fully saturated rings. The van der Waals surface area contributed by atoms with Crippen LogP contribution < -0.4 is 5.32 Å². The molecule has 2 aromatic rings. The van der Waals surface area contributed by atoms with E-state index in [1.54, 1.807) is 0 Å². The lowest BCUT2D eigenvalue weighted by atomic mass is 10.0. The number of amides is 1. The van der Waals surface area contributed by atoms with Gasteiger partial charge in [0.2, 0.25) is 5.13 Å². The number of aromatic nitrogens is 2. The van der Waals surface area contributed by atoms with Crippen LogP contribution in [0.3, 0.4) is 0 Å². The number of nitrogens with zero attached hydrogens (tertiary/aromatic N) is 2. The number of hydrogen-bond donors (Lipinski definition) is 1. The number of halogens is 7. The van der Waals surface area contributed by atoms with Crippen molar-refractivity contribution in [1.82, 2.24) is 10.2 Å². The first-order valence-electron chi connectivity index (χ1n) is 7.00. The monoisotopic (exact) mass is 417 g/mol. The molecule has 1 heterocycles. The van der Waals surface area contributed by atoms with Gasteiger partial charge in [-0.3, -0.25) is 10.1 Å². The second kappa shape index (κ2) is 7.78. The smallest absolute Gasteiger partial charge is 0.296 e. The predicted molar refractivity (Wildman–Crippen MR) is 83.3 cm³/mol. The van der Waals surface area contributed by atoms with E-state index >= 15 is 0 Å². The van der Waals surface area contributed by atoms with E-state index < -0.39 is 35.0 Å². The van der Waals surface area contributed by atoms with Crippen molar-refractivity contribution in [1.29, 1.82) is 0 Å². The fraction of sp³-hybridized carbons (Fsp3) is 0.357. The second-order valence-corrected chi connectivity index (χ2v) is 6.48. The Morgan fingerprint density at radius 1 is 1.04 bits per heavy atom. The summed E-state index contributed by atoms with van der Waals surface area (Å²) < 4.78 is 76.9. The molecule has 4 nitrogen and oxygen atoms in total. The topological polar surface area (TPSA) is 54.9 Å². The Hall–Kier alpha value is -1.88. The fourth-order valence-electron chi connectivity index (χ4n) is 1.88. The number of nitrogens with one attached hydrogen (secondary N) is 1. The van der Waals surface area contributed by atoms with Crippen molar-refractivity contribution in [2.24, 2.45) is 0 Å². The molecule has 26 heavy (non-hydrogen) atoms. The molecule has 0 spiro atoms. The van der Waals surface area contributed by atoms with Gasteiger partial charge in [-0.15, -0.1) is 21.8 Å².